The quantitative estimate of drug-likeness (QED) is 0.611. The molecule has 2 aromatic carbocycles. The summed E-state index contributed by atoms with van der Waals surface area (Å²) in [6, 6.07) is 18.1. The molecule has 1 aliphatic carbocycles. The highest BCUT2D eigenvalue weighted by Gasteiger charge is 2.19. The molecule has 0 aliphatic heterocycles. The van der Waals surface area contributed by atoms with Gasteiger partial charge >= 0.3 is 0 Å². The fourth-order valence-corrected chi connectivity index (χ4v) is 3.69. The van der Waals surface area contributed by atoms with Crippen molar-refractivity contribution in [2.45, 2.75) is 57.8 Å². The minimum atomic E-state index is 0.769. The van der Waals surface area contributed by atoms with E-state index in [0.717, 1.165) is 5.92 Å². The van der Waals surface area contributed by atoms with Crippen LogP contribution in [0.15, 0.2) is 48.5 Å². The second-order valence-corrected chi connectivity index (χ2v) is 6.37. The first kappa shape index (κ1) is 14.4. The Balaban J connectivity index is 2.01. The Morgan fingerprint density at radius 3 is 2.38 bits per heavy atom. The molecular weight excluding hydrogens is 252 g/mol. The van der Waals surface area contributed by atoms with Crippen LogP contribution in [0.2, 0.25) is 0 Å². The van der Waals surface area contributed by atoms with Gasteiger partial charge in [0.05, 0.1) is 0 Å². The van der Waals surface area contributed by atoms with Gasteiger partial charge in [-0.1, -0.05) is 81.1 Å². The molecular formula is C21H26. The zero-order valence-corrected chi connectivity index (χ0v) is 13.1. The molecule has 3 rings (SSSR count). The third-order valence-electron chi connectivity index (χ3n) is 4.78. The lowest BCUT2D eigenvalue weighted by molar-refractivity contribution is 0.444. The summed E-state index contributed by atoms with van der Waals surface area (Å²) in [7, 11) is 0. The van der Waals surface area contributed by atoms with Crippen molar-refractivity contribution in [3.05, 3.63) is 59.7 Å². The summed E-state index contributed by atoms with van der Waals surface area (Å²) < 4.78 is 0. The maximum atomic E-state index is 2.50. The van der Waals surface area contributed by atoms with Gasteiger partial charge in [0.2, 0.25) is 0 Å². The summed E-state index contributed by atoms with van der Waals surface area (Å²) in [5.41, 5.74) is 5.95. The molecule has 0 heteroatoms. The van der Waals surface area contributed by atoms with Crippen LogP contribution >= 0.6 is 0 Å². The van der Waals surface area contributed by atoms with Gasteiger partial charge in [0, 0.05) is 0 Å². The van der Waals surface area contributed by atoms with Crippen molar-refractivity contribution in [2.75, 3.05) is 0 Å². The monoisotopic (exact) mass is 278 g/mol. The number of hydrogen-bond acceptors (Lipinski definition) is 0. The fraction of sp³-hybridized carbons (Fsp3) is 0.429. The molecule has 1 fully saturated rings. The first-order valence-corrected chi connectivity index (χ1v) is 8.56. The van der Waals surface area contributed by atoms with Gasteiger partial charge < -0.3 is 0 Å². The van der Waals surface area contributed by atoms with Crippen LogP contribution in [0.25, 0.3) is 11.1 Å². The van der Waals surface area contributed by atoms with E-state index >= 15 is 0 Å². The minimum Gasteiger partial charge on any atom is -0.0651 e. The fourth-order valence-electron chi connectivity index (χ4n) is 3.69. The van der Waals surface area contributed by atoms with E-state index in [1.807, 2.05) is 0 Å². The smallest absolute Gasteiger partial charge is 0.0149 e. The van der Waals surface area contributed by atoms with Crippen LogP contribution in [-0.4, -0.2) is 0 Å². The molecule has 0 N–H and O–H groups in total. The molecule has 1 aliphatic rings. The minimum absolute atomic E-state index is 0.769. The van der Waals surface area contributed by atoms with Crippen molar-refractivity contribution in [3.8, 4) is 11.1 Å². The van der Waals surface area contributed by atoms with Crippen molar-refractivity contribution in [1.29, 1.82) is 0 Å². The molecule has 2 aromatic rings. The van der Waals surface area contributed by atoms with Crippen LogP contribution in [0, 0.1) is 0 Å². The van der Waals surface area contributed by atoms with Gasteiger partial charge in [-0.05, 0) is 47.4 Å². The number of hydrogen-bond donors (Lipinski definition) is 0. The van der Waals surface area contributed by atoms with E-state index in [9.17, 15) is 0 Å². The van der Waals surface area contributed by atoms with Gasteiger partial charge in [-0.15, -0.1) is 0 Å². The van der Waals surface area contributed by atoms with Gasteiger partial charge in [0.15, 0.2) is 0 Å². The lowest BCUT2D eigenvalue weighted by Gasteiger charge is -2.25. The molecule has 110 valence electrons. The van der Waals surface area contributed by atoms with Crippen LogP contribution in [0.3, 0.4) is 0 Å². The Morgan fingerprint density at radius 1 is 0.905 bits per heavy atom. The van der Waals surface area contributed by atoms with Crippen molar-refractivity contribution < 1.29 is 0 Å². The molecule has 21 heavy (non-hydrogen) atoms. The molecule has 0 radical (unpaired) electrons. The first-order chi connectivity index (χ1) is 10.4. The van der Waals surface area contributed by atoms with Gasteiger partial charge in [-0.25, -0.2) is 0 Å². The molecule has 0 atom stereocenters. The summed E-state index contributed by atoms with van der Waals surface area (Å²) in [5.74, 6) is 0.769. The topological polar surface area (TPSA) is 0 Å². The summed E-state index contributed by atoms with van der Waals surface area (Å²) in [6.07, 6.45) is 9.40. The molecule has 0 amide bonds. The molecule has 0 aromatic heterocycles. The average Bonchev–Trinajstić information content (AvgIpc) is 2.57. The molecule has 0 nitrogen and oxygen atoms in total. The molecule has 1 saturated carbocycles. The molecule has 0 bridgehead atoms. The van der Waals surface area contributed by atoms with Gasteiger partial charge in [-0.2, -0.15) is 0 Å². The summed E-state index contributed by atoms with van der Waals surface area (Å²) in [6.45, 7) is 2.27. The second kappa shape index (κ2) is 6.93. The predicted octanol–water partition coefficient (Wildman–Crippen LogP) is 6.35. The summed E-state index contributed by atoms with van der Waals surface area (Å²) in [5, 5.41) is 0. The van der Waals surface area contributed by atoms with Crippen LogP contribution < -0.4 is 0 Å². The van der Waals surface area contributed by atoms with Gasteiger partial charge in [0.1, 0.15) is 0 Å². The van der Waals surface area contributed by atoms with Crippen molar-refractivity contribution in [3.63, 3.8) is 0 Å². The molecule has 0 spiro atoms. The highest BCUT2D eigenvalue weighted by Crippen LogP contribution is 2.38. The lowest BCUT2D eigenvalue weighted by atomic mass is 9.80. The van der Waals surface area contributed by atoms with E-state index in [1.54, 1.807) is 5.56 Å². The predicted molar refractivity (Wildman–Crippen MR) is 91.7 cm³/mol. The maximum Gasteiger partial charge on any atom is -0.0149 e. The Morgan fingerprint density at radius 2 is 1.67 bits per heavy atom. The Labute approximate surface area is 129 Å². The Bertz CT molecular complexity index is 562. The number of benzene rings is 2. The summed E-state index contributed by atoms with van der Waals surface area (Å²) in [4.78, 5) is 0. The van der Waals surface area contributed by atoms with Crippen LogP contribution in [-0.2, 0) is 6.42 Å². The highest BCUT2D eigenvalue weighted by molar-refractivity contribution is 5.68. The van der Waals surface area contributed by atoms with E-state index < -0.39 is 0 Å². The largest absolute Gasteiger partial charge is 0.0651 e. The highest BCUT2D eigenvalue weighted by atomic mass is 14.2. The third-order valence-corrected chi connectivity index (χ3v) is 4.78. The maximum absolute atomic E-state index is 2.50. The standard InChI is InChI=1S/C21H26/c1-2-9-17-14-15-20(18-10-5-3-6-11-18)21(16-17)19-12-7-4-8-13-19/h3,5-6,10-11,14-16,19H,2,4,7-9,12-13H2,1H3. The van der Waals surface area contributed by atoms with Crippen molar-refractivity contribution >= 4 is 0 Å². The van der Waals surface area contributed by atoms with Crippen molar-refractivity contribution in [1.82, 2.24) is 0 Å². The van der Waals surface area contributed by atoms with Crippen molar-refractivity contribution in [2.24, 2.45) is 0 Å². The van der Waals surface area contributed by atoms with Gasteiger partial charge in [0.25, 0.3) is 0 Å². The van der Waals surface area contributed by atoms with Crippen LogP contribution in [0.4, 0.5) is 0 Å². The SMILES string of the molecule is CCCc1ccc(-c2ccccc2)c(C2CCCCC2)c1. The zero-order valence-electron chi connectivity index (χ0n) is 13.1. The molecule has 0 heterocycles. The Kier molecular flexibility index (Phi) is 4.75. The van der Waals surface area contributed by atoms with E-state index in [0.29, 0.717) is 0 Å². The first-order valence-electron chi connectivity index (χ1n) is 8.56. The van der Waals surface area contributed by atoms with E-state index in [4.69, 9.17) is 0 Å². The average molecular weight is 278 g/mol. The van der Waals surface area contributed by atoms with E-state index in [2.05, 4.69) is 55.5 Å². The third kappa shape index (κ3) is 3.37. The van der Waals surface area contributed by atoms with Crippen LogP contribution in [0.1, 0.15) is 62.5 Å². The number of aryl methyl sites for hydroxylation is 1. The zero-order chi connectivity index (χ0) is 14.5. The van der Waals surface area contributed by atoms with E-state index in [1.165, 1.54) is 61.6 Å². The number of rotatable bonds is 4. The van der Waals surface area contributed by atoms with Crippen LogP contribution in [0.5, 0.6) is 0 Å². The van der Waals surface area contributed by atoms with Gasteiger partial charge in [-0.3, -0.25) is 0 Å². The normalized spacial score (nSPS) is 16.0. The molecule has 0 unspecified atom stereocenters. The lowest BCUT2D eigenvalue weighted by Crippen LogP contribution is -2.06. The molecule has 0 saturated heterocycles. The Hall–Kier alpha value is -1.56. The summed E-state index contributed by atoms with van der Waals surface area (Å²) >= 11 is 0. The second-order valence-electron chi connectivity index (χ2n) is 6.37. The van der Waals surface area contributed by atoms with E-state index in [-0.39, 0.29) is 0 Å².